The molecular formula is C17H32N2O2. The van der Waals surface area contributed by atoms with Gasteiger partial charge in [0.2, 0.25) is 0 Å². The molecule has 1 aliphatic carbocycles. The number of rotatable bonds is 4. The Morgan fingerprint density at radius 1 is 1.10 bits per heavy atom. The van der Waals surface area contributed by atoms with Crippen LogP contribution >= 0.6 is 0 Å². The van der Waals surface area contributed by atoms with E-state index < -0.39 is 0 Å². The molecule has 122 valence electrons. The molecule has 3 N–H and O–H groups in total. The van der Waals surface area contributed by atoms with E-state index in [-0.39, 0.29) is 11.0 Å². The van der Waals surface area contributed by atoms with Crippen molar-refractivity contribution in [2.24, 2.45) is 22.5 Å². The monoisotopic (exact) mass is 296 g/mol. The molecule has 3 rings (SSSR count). The molecule has 4 heteroatoms. The first-order valence-corrected chi connectivity index (χ1v) is 8.58. The van der Waals surface area contributed by atoms with Crippen LogP contribution in [-0.2, 0) is 9.47 Å². The van der Waals surface area contributed by atoms with Gasteiger partial charge in [0.05, 0.1) is 6.10 Å². The molecule has 3 atom stereocenters. The van der Waals surface area contributed by atoms with Crippen LogP contribution in [0.25, 0.3) is 0 Å². The maximum Gasteiger partial charge on any atom is 0.0690 e. The third kappa shape index (κ3) is 2.54. The van der Waals surface area contributed by atoms with Crippen LogP contribution in [0.15, 0.2) is 0 Å². The lowest BCUT2D eigenvalue weighted by molar-refractivity contribution is -0.226. The number of nitrogens with two attached hydrogens (primary N) is 1. The van der Waals surface area contributed by atoms with Gasteiger partial charge in [-0.3, -0.25) is 0 Å². The molecule has 3 unspecified atom stereocenters. The molecule has 0 bridgehead atoms. The summed E-state index contributed by atoms with van der Waals surface area (Å²) in [6.07, 6.45) is 5.03. The molecule has 0 amide bonds. The van der Waals surface area contributed by atoms with E-state index in [1.165, 1.54) is 6.42 Å². The Morgan fingerprint density at radius 2 is 1.81 bits per heavy atom. The van der Waals surface area contributed by atoms with Gasteiger partial charge in [0.1, 0.15) is 0 Å². The highest BCUT2D eigenvalue weighted by molar-refractivity contribution is 5.20. The first kappa shape index (κ1) is 15.7. The average Bonchev–Trinajstić information content (AvgIpc) is 2.47. The summed E-state index contributed by atoms with van der Waals surface area (Å²) in [6, 6.07) is 0. The minimum absolute atomic E-state index is 0.0711. The highest BCUT2D eigenvalue weighted by atomic mass is 16.5. The molecule has 1 saturated carbocycles. The molecule has 0 aromatic rings. The van der Waals surface area contributed by atoms with Crippen molar-refractivity contribution in [2.45, 2.75) is 58.1 Å². The normalized spacial score (nSPS) is 41.1. The number of nitrogens with one attached hydrogen (secondary N) is 1. The standard InChI is InChI=1S/C17H32N2O2/c1-15(2)14-13(5-4-8-21-14)17(15,18)12-19-11-16(3)6-9-20-10-7-16/h13-14,19H,4-12,18H2,1-3H3. The lowest BCUT2D eigenvalue weighted by Gasteiger charge is -2.66. The van der Waals surface area contributed by atoms with Gasteiger partial charge in [0.25, 0.3) is 0 Å². The van der Waals surface area contributed by atoms with Crippen molar-refractivity contribution in [3.8, 4) is 0 Å². The van der Waals surface area contributed by atoms with Crippen LogP contribution in [0.5, 0.6) is 0 Å². The average molecular weight is 296 g/mol. The van der Waals surface area contributed by atoms with E-state index in [4.69, 9.17) is 15.2 Å². The van der Waals surface area contributed by atoms with Gasteiger partial charge in [-0.15, -0.1) is 0 Å². The molecule has 2 heterocycles. The second-order valence-electron chi connectivity index (χ2n) is 8.33. The minimum Gasteiger partial charge on any atom is -0.381 e. The van der Waals surface area contributed by atoms with Gasteiger partial charge >= 0.3 is 0 Å². The maximum atomic E-state index is 6.83. The van der Waals surface area contributed by atoms with Gasteiger partial charge in [-0.1, -0.05) is 20.8 Å². The van der Waals surface area contributed by atoms with Crippen LogP contribution in [0.4, 0.5) is 0 Å². The molecule has 3 fully saturated rings. The van der Waals surface area contributed by atoms with Gasteiger partial charge in [-0.25, -0.2) is 0 Å². The highest BCUT2D eigenvalue weighted by Crippen LogP contribution is 2.57. The molecule has 21 heavy (non-hydrogen) atoms. The van der Waals surface area contributed by atoms with Gasteiger partial charge in [0, 0.05) is 49.8 Å². The van der Waals surface area contributed by atoms with E-state index in [0.29, 0.717) is 17.4 Å². The molecule has 2 saturated heterocycles. The Morgan fingerprint density at radius 3 is 2.52 bits per heavy atom. The largest absolute Gasteiger partial charge is 0.381 e. The van der Waals surface area contributed by atoms with Crippen molar-refractivity contribution in [2.75, 3.05) is 32.9 Å². The number of fused-ring (bicyclic) bond motifs is 1. The van der Waals surface area contributed by atoms with E-state index in [2.05, 4.69) is 26.1 Å². The quantitative estimate of drug-likeness (QED) is 0.832. The Labute approximate surface area is 129 Å². The summed E-state index contributed by atoms with van der Waals surface area (Å²) in [5.74, 6) is 0.524. The lowest BCUT2D eigenvalue weighted by Crippen LogP contribution is -2.80. The molecule has 0 spiro atoms. The van der Waals surface area contributed by atoms with Crippen LogP contribution in [0.2, 0.25) is 0 Å². The predicted molar refractivity (Wildman–Crippen MR) is 84.2 cm³/mol. The summed E-state index contributed by atoms with van der Waals surface area (Å²) in [4.78, 5) is 0. The van der Waals surface area contributed by atoms with Crippen molar-refractivity contribution < 1.29 is 9.47 Å². The van der Waals surface area contributed by atoms with Gasteiger partial charge < -0.3 is 20.5 Å². The molecule has 0 radical (unpaired) electrons. The third-order valence-electron chi connectivity index (χ3n) is 6.56. The van der Waals surface area contributed by atoms with Crippen molar-refractivity contribution >= 4 is 0 Å². The smallest absolute Gasteiger partial charge is 0.0690 e. The summed E-state index contributed by atoms with van der Waals surface area (Å²) >= 11 is 0. The number of ether oxygens (including phenoxy) is 2. The van der Waals surface area contributed by atoms with E-state index in [1.54, 1.807) is 0 Å². The first-order chi connectivity index (χ1) is 9.89. The van der Waals surface area contributed by atoms with E-state index >= 15 is 0 Å². The number of hydrogen-bond acceptors (Lipinski definition) is 4. The van der Waals surface area contributed by atoms with Gasteiger partial charge in [-0.2, -0.15) is 0 Å². The Balaban J connectivity index is 1.56. The summed E-state index contributed by atoms with van der Waals surface area (Å²) in [5, 5.41) is 3.69. The fourth-order valence-electron chi connectivity index (χ4n) is 4.64. The van der Waals surface area contributed by atoms with E-state index in [9.17, 15) is 0 Å². The van der Waals surface area contributed by atoms with Crippen molar-refractivity contribution in [1.29, 1.82) is 0 Å². The molecular weight excluding hydrogens is 264 g/mol. The van der Waals surface area contributed by atoms with Crippen LogP contribution in [0.1, 0.15) is 46.5 Å². The van der Waals surface area contributed by atoms with Crippen LogP contribution < -0.4 is 11.1 Å². The predicted octanol–water partition coefficient (Wildman–Crippen LogP) is 1.93. The van der Waals surface area contributed by atoms with Crippen LogP contribution in [0, 0.1) is 16.7 Å². The topological polar surface area (TPSA) is 56.5 Å². The summed E-state index contributed by atoms with van der Waals surface area (Å²) in [7, 11) is 0. The Bertz CT molecular complexity index is 379. The van der Waals surface area contributed by atoms with Gasteiger partial charge in [-0.05, 0) is 31.1 Å². The fraction of sp³-hybridized carbons (Fsp3) is 1.00. The highest BCUT2D eigenvalue weighted by Gasteiger charge is 2.66. The minimum atomic E-state index is -0.125. The molecule has 0 aromatic carbocycles. The molecule has 0 aromatic heterocycles. The van der Waals surface area contributed by atoms with Crippen molar-refractivity contribution in [3.63, 3.8) is 0 Å². The molecule has 2 aliphatic heterocycles. The summed E-state index contributed by atoms with van der Waals surface area (Å²) in [5.41, 5.74) is 7.14. The lowest BCUT2D eigenvalue weighted by atomic mass is 9.46. The Kier molecular flexibility index (Phi) is 4.11. The molecule has 4 nitrogen and oxygen atoms in total. The SMILES string of the molecule is CC1(CNCC2(N)C3CCCOC3C2(C)C)CCOCC1. The van der Waals surface area contributed by atoms with Crippen LogP contribution in [0.3, 0.4) is 0 Å². The summed E-state index contributed by atoms with van der Waals surface area (Å²) in [6.45, 7) is 11.6. The van der Waals surface area contributed by atoms with Crippen molar-refractivity contribution in [3.05, 3.63) is 0 Å². The Hall–Kier alpha value is -0.160. The second-order valence-corrected chi connectivity index (χ2v) is 8.33. The van der Waals surface area contributed by atoms with Crippen molar-refractivity contribution in [1.82, 2.24) is 5.32 Å². The zero-order valence-electron chi connectivity index (χ0n) is 13.9. The molecule has 3 aliphatic rings. The van der Waals surface area contributed by atoms with E-state index in [0.717, 1.165) is 52.2 Å². The van der Waals surface area contributed by atoms with Crippen LogP contribution in [-0.4, -0.2) is 44.6 Å². The second kappa shape index (κ2) is 5.48. The fourth-order valence-corrected chi connectivity index (χ4v) is 4.64. The third-order valence-corrected chi connectivity index (χ3v) is 6.56. The maximum absolute atomic E-state index is 6.83. The summed E-state index contributed by atoms with van der Waals surface area (Å²) < 4.78 is 11.5. The first-order valence-electron chi connectivity index (χ1n) is 8.58. The zero-order chi connectivity index (χ0) is 15.1. The zero-order valence-corrected chi connectivity index (χ0v) is 13.9. The van der Waals surface area contributed by atoms with Gasteiger partial charge in [0.15, 0.2) is 0 Å². The number of hydrogen-bond donors (Lipinski definition) is 2. The van der Waals surface area contributed by atoms with E-state index in [1.807, 2.05) is 0 Å².